The highest BCUT2D eigenvalue weighted by Gasteiger charge is 2.30. The summed E-state index contributed by atoms with van der Waals surface area (Å²) in [5, 5.41) is 13.0. The molecule has 5 nitrogen and oxygen atoms in total. The van der Waals surface area contributed by atoms with Crippen LogP contribution < -0.4 is 4.74 Å². The van der Waals surface area contributed by atoms with Gasteiger partial charge < -0.3 is 9.84 Å². The Morgan fingerprint density at radius 3 is 2.35 bits per heavy atom. The fourth-order valence-electron chi connectivity index (χ4n) is 2.16. The second kappa shape index (κ2) is 7.29. The van der Waals surface area contributed by atoms with Crippen molar-refractivity contribution >= 4 is 0 Å². The number of aromatic nitrogens is 3. The van der Waals surface area contributed by atoms with Crippen LogP contribution in [0.3, 0.4) is 0 Å². The molecule has 3 aromatic rings. The zero-order chi connectivity index (χ0) is 18.6. The van der Waals surface area contributed by atoms with Crippen LogP contribution >= 0.6 is 0 Å². The van der Waals surface area contributed by atoms with E-state index < -0.39 is 6.36 Å². The summed E-state index contributed by atoms with van der Waals surface area (Å²) in [5.41, 5.74) is 2.06. The third-order valence-electron chi connectivity index (χ3n) is 3.28. The summed E-state index contributed by atoms with van der Waals surface area (Å²) in [6.45, 7) is -0.208. The van der Waals surface area contributed by atoms with E-state index in [4.69, 9.17) is 5.11 Å². The molecule has 1 aromatic heterocycles. The second-order valence-corrected chi connectivity index (χ2v) is 5.09. The van der Waals surface area contributed by atoms with Gasteiger partial charge in [-0.3, -0.25) is 0 Å². The molecule has 0 unspecified atom stereocenters. The summed E-state index contributed by atoms with van der Waals surface area (Å²) in [4.78, 5) is 4.20. The Labute approximate surface area is 146 Å². The van der Waals surface area contributed by atoms with E-state index in [1.807, 2.05) is 0 Å². The summed E-state index contributed by atoms with van der Waals surface area (Å²) in [7, 11) is 0. The molecule has 0 spiro atoms. The first-order chi connectivity index (χ1) is 12.4. The Morgan fingerprint density at radius 2 is 1.73 bits per heavy atom. The molecule has 0 aliphatic heterocycles. The molecule has 8 heteroatoms. The van der Waals surface area contributed by atoms with E-state index in [1.165, 1.54) is 35.3 Å². The Bertz CT molecular complexity index is 937. The lowest BCUT2D eigenvalue weighted by Gasteiger charge is -2.09. The smallest absolute Gasteiger partial charge is 0.406 e. The van der Waals surface area contributed by atoms with Gasteiger partial charge in [0.15, 0.2) is 5.82 Å². The van der Waals surface area contributed by atoms with E-state index in [1.54, 1.807) is 24.3 Å². The minimum atomic E-state index is -4.73. The monoisotopic (exact) mass is 359 g/mol. The molecular formula is C18H12F3N3O2. The average Bonchev–Trinajstić information content (AvgIpc) is 3.10. The van der Waals surface area contributed by atoms with Crippen LogP contribution in [0.1, 0.15) is 5.56 Å². The average molecular weight is 359 g/mol. The van der Waals surface area contributed by atoms with Gasteiger partial charge in [0.1, 0.15) is 18.7 Å². The lowest BCUT2D eigenvalue weighted by atomic mass is 10.1. The van der Waals surface area contributed by atoms with Crippen LogP contribution in [0.5, 0.6) is 5.75 Å². The third-order valence-corrected chi connectivity index (χ3v) is 3.28. The van der Waals surface area contributed by atoms with Crippen LogP contribution in [0.25, 0.3) is 17.1 Å². The zero-order valence-electron chi connectivity index (χ0n) is 13.2. The van der Waals surface area contributed by atoms with Crippen molar-refractivity contribution in [1.82, 2.24) is 14.8 Å². The van der Waals surface area contributed by atoms with Crippen molar-refractivity contribution in [1.29, 1.82) is 0 Å². The molecule has 0 saturated carbocycles. The number of aliphatic hydroxyl groups is 1. The van der Waals surface area contributed by atoms with Gasteiger partial charge in [0, 0.05) is 11.1 Å². The number of halogens is 3. The molecule has 0 saturated heterocycles. The Kier molecular flexibility index (Phi) is 4.91. The third kappa shape index (κ3) is 4.40. The molecule has 0 aliphatic carbocycles. The molecule has 26 heavy (non-hydrogen) atoms. The lowest BCUT2D eigenvalue weighted by molar-refractivity contribution is -0.274. The molecule has 132 valence electrons. The SMILES string of the molecule is OCC#Cc1ccc(-c2ncn(-c3ccc(OC(F)(F)F)cc3)n2)cc1. The predicted octanol–water partition coefficient (Wildman–Crippen LogP) is 3.18. The Balaban J connectivity index is 1.77. The van der Waals surface area contributed by atoms with Crippen molar-refractivity contribution in [3.05, 3.63) is 60.4 Å². The van der Waals surface area contributed by atoms with E-state index in [0.29, 0.717) is 11.5 Å². The van der Waals surface area contributed by atoms with E-state index in [9.17, 15) is 13.2 Å². The minimum absolute atomic E-state index is 0.208. The lowest BCUT2D eigenvalue weighted by Crippen LogP contribution is -2.17. The summed E-state index contributed by atoms with van der Waals surface area (Å²) >= 11 is 0. The fourth-order valence-corrected chi connectivity index (χ4v) is 2.16. The summed E-state index contributed by atoms with van der Waals surface area (Å²) < 4.78 is 41.8. The number of benzene rings is 2. The Hall–Kier alpha value is -3.31. The number of hydrogen-bond acceptors (Lipinski definition) is 4. The number of alkyl halides is 3. The van der Waals surface area contributed by atoms with E-state index in [2.05, 4.69) is 26.7 Å². The summed E-state index contributed by atoms with van der Waals surface area (Å²) in [5.74, 6) is 5.50. The molecule has 1 N–H and O–H groups in total. The highest BCUT2D eigenvalue weighted by Crippen LogP contribution is 2.24. The molecule has 0 amide bonds. The number of ether oxygens (including phenoxy) is 1. The number of hydrogen-bond donors (Lipinski definition) is 1. The van der Waals surface area contributed by atoms with Crippen molar-refractivity contribution < 1.29 is 23.0 Å². The maximum atomic E-state index is 12.2. The highest BCUT2D eigenvalue weighted by atomic mass is 19.4. The molecule has 0 fully saturated rings. The van der Waals surface area contributed by atoms with Crippen molar-refractivity contribution in [3.8, 4) is 34.7 Å². The normalized spacial score (nSPS) is 10.9. The highest BCUT2D eigenvalue weighted by molar-refractivity contribution is 5.56. The van der Waals surface area contributed by atoms with Crippen LogP contribution in [-0.2, 0) is 0 Å². The first-order valence-corrected chi connectivity index (χ1v) is 7.42. The van der Waals surface area contributed by atoms with Crippen LogP contribution in [0.2, 0.25) is 0 Å². The molecule has 2 aromatic carbocycles. The van der Waals surface area contributed by atoms with Crippen molar-refractivity contribution in [2.75, 3.05) is 6.61 Å². The fraction of sp³-hybridized carbons (Fsp3) is 0.111. The van der Waals surface area contributed by atoms with Crippen LogP contribution in [-0.4, -0.2) is 32.8 Å². The maximum absolute atomic E-state index is 12.2. The first kappa shape index (κ1) is 17.5. The molecule has 3 rings (SSSR count). The number of rotatable bonds is 3. The number of aliphatic hydroxyl groups excluding tert-OH is 1. The van der Waals surface area contributed by atoms with Gasteiger partial charge in [-0.15, -0.1) is 18.3 Å². The topological polar surface area (TPSA) is 60.2 Å². The molecule has 0 radical (unpaired) electrons. The standard InChI is InChI=1S/C18H12F3N3O2/c19-18(20,21)26-16-9-7-15(8-10-16)24-12-22-17(23-24)14-5-3-13(4-6-14)2-1-11-25/h3-10,12,25H,11H2. The molecular weight excluding hydrogens is 347 g/mol. The zero-order valence-corrected chi connectivity index (χ0v) is 13.2. The van der Waals surface area contributed by atoms with Gasteiger partial charge >= 0.3 is 6.36 Å². The van der Waals surface area contributed by atoms with Gasteiger partial charge in [0.05, 0.1) is 5.69 Å². The quantitative estimate of drug-likeness (QED) is 0.730. The van der Waals surface area contributed by atoms with Gasteiger partial charge in [-0.25, -0.2) is 9.67 Å². The van der Waals surface area contributed by atoms with Crippen LogP contribution in [0.4, 0.5) is 13.2 Å². The van der Waals surface area contributed by atoms with Gasteiger partial charge in [-0.1, -0.05) is 11.8 Å². The van der Waals surface area contributed by atoms with Gasteiger partial charge in [0.2, 0.25) is 0 Å². The summed E-state index contributed by atoms with van der Waals surface area (Å²) in [6.07, 6.45) is -3.26. The largest absolute Gasteiger partial charge is 0.573 e. The van der Waals surface area contributed by atoms with Gasteiger partial charge in [0.25, 0.3) is 0 Å². The van der Waals surface area contributed by atoms with Crippen molar-refractivity contribution in [2.24, 2.45) is 0 Å². The van der Waals surface area contributed by atoms with E-state index in [-0.39, 0.29) is 12.4 Å². The van der Waals surface area contributed by atoms with Crippen molar-refractivity contribution in [2.45, 2.75) is 6.36 Å². The molecule has 0 bridgehead atoms. The van der Waals surface area contributed by atoms with Crippen molar-refractivity contribution in [3.63, 3.8) is 0 Å². The second-order valence-electron chi connectivity index (χ2n) is 5.09. The first-order valence-electron chi connectivity index (χ1n) is 7.42. The summed E-state index contributed by atoms with van der Waals surface area (Å²) in [6, 6.07) is 12.5. The van der Waals surface area contributed by atoms with E-state index in [0.717, 1.165) is 11.1 Å². The predicted molar refractivity (Wildman–Crippen MR) is 87.4 cm³/mol. The Morgan fingerprint density at radius 1 is 1.04 bits per heavy atom. The van der Waals surface area contributed by atoms with Gasteiger partial charge in [-0.05, 0) is 48.5 Å². The van der Waals surface area contributed by atoms with Crippen LogP contribution in [0, 0.1) is 11.8 Å². The van der Waals surface area contributed by atoms with E-state index >= 15 is 0 Å². The molecule has 0 atom stereocenters. The van der Waals surface area contributed by atoms with Gasteiger partial charge in [-0.2, -0.15) is 0 Å². The maximum Gasteiger partial charge on any atom is 0.573 e. The number of nitrogens with zero attached hydrogens (tertiary/aromatic N) is 3. The molecule has 1 heterocycles. The minimum Gasteiger partial charge on any atom is -0.406 e. The van der Waals surface area contributed by atoms with Crippen LogP contribution in [0.15, 0.2) is 54.9 Å². The molecule has 0 aliphatic rings.